The second-order valence-electron chi connectivity index (χ2n) is 5.36. The van der Waals surface area contributed by atoms with E-state index in [1.54, 1.807) is 0 Å². The van der Waals surface area contributed by atoms with Gasteiger partial charge in [0.1, 0.15) is 11.1 Å². The third-order valence-electron chi connectivity index (χ3n) is 4.04. The third-order valence-corrected chi connectivity index (χ3v) is 5.20. The SMILES string of the molecule is CCc1nc(C(OC)C2CCCCC2)sc1CNC. The highest BCUT2D eigenvalue weighted by atomic mass is 32.1. The molecule has 0 bridgehead atoms. The zero-order valence-electron chi connectivity index (χ0n) is 12.4. The number of thiazole rings is 1. The van der Waals surface area contributed by atoms with Crippen molar-refractivity contribution in [2.45, 2.75) is 58.1 Å². The zero-order chi connectivity index (χ0) is 13.7. The van der Waals surface area contributed by atoms with Crippen LogP contribution >= 0.6 is 11.3 Å². The molecule has 1 aliphatic rings. The quantitative estimate of drug-likeness (QED) is 0.864. The van der Waals surface area contributed by atoms with E-state index in [2.05, 4.69) is 12.2 Å². The Morgan fingerprint density at radius 1 is 1.37 bits per heavy atom. The first-order chi connectivity index (χ1) is 9.30. The van der Waals surface area contributed by atoms with Crippen molar-refractivity contribution in [3.05, 3.63) is 15.6 Å². The first-order valence-electron chi connectivity index (χ1n) is 7.46. The van der Waals surface area contributed by atoms with E-state index in [-0.39, 0.29) is 6.10 Å². The van der Waals surface area contributed by atoms with Crippen LogP contribution in [-0.4, -0.2) is 19.1 Å². The number of aromatic nitrogens is 1. The minimum Gasteiger partial charge on any atom is -0.374 e. The van der Waals surface area contributed by atoms with Gasteiger partial charge in [-0.1, -0.05) is 26.2 Å². The van der Waals surface area contributed by atoms with E-state index in [1.165, 1.54) is 47.7 Å². The van der Waals surface area contributed by atoms with Crippen molar-refractivity contribution in [1.82, 2.24) is 10.3 Å². The lowest BCUT2D eigenvalue weighted by molar-refractivity contribution is 0.0351. The van der Waals surface area contributed by atoms with Crippen LogP contribution in [0.2, 0.25) is 0 Å². The van der Waals surface area contributed by atoms with Gasteiger partial charge >= 0.3 is 0 Å². The molecule has 1 fully saturated rings. The molecular weight excluding hydrogens is 256 g/mol. The standard InChI is InChI=1S/C15H26N2OS/c1-4-12-13(10-16-2)19-15(17-12)14(18-3)11-8-6-5-7-9-11/h11,14,16H,4-10H2,1-3H3. The molecule has 1 saturated carbocycles. The van der Waals surface area contributed by atoms with E-state index in [4.69, 9.17) is 9.72 Å². The van der Waals surface area contributed by atoms with E-state index < -0.39 is 0 Å². The Morgan fingerprint density at radius 2 is 2.11 bits per heavy atom. The van der Waals surface area contributed by atoms with Gasteiger partial charge < -0.3 is 10.1 Å². The Kier molecular flexibility index (Phi) is 5.79. The average Bonchev–Trinajstić information content (AvgIpc) is 2.84. The predicted molar refractivity (Wildman–Crippen MR) is 80.6 cm³/mol. The summed E-state index contributed by atoms with van der Waals surface area (Å²) in [4.78, 5) is 6.22. The van der Waals surface area contributed by atoms with Crippen LogP contribution in [0.5, 0.6) is 0 Å². The van der Waals surface area contributed by atoms with Crippen molar-refractivity contribution in [3.63, 3.8) is 0 Å². The Labute approximate surface area is 120 Å². The lowest BCUT2D eigenvalue weighted by Gasteiger charge is -2.27. The Morgan fingerprint density at radius 3 is 2.68 bits per heavy atom. The molecule has 1 N–H and O–H groups in total. The molecule has 1 aromatic heterocycles. The number of methoxy groups -OCH3 is 1. The summed E-state index contributed by atoms with van der Waals surface area (Å²) in [5, 5.41) is 4.43. The van der Waals surface area contributed by atoms with Crippen LogP contribution in [0.25, 0.3) is 0 Å². The minimum absolute atomic E-state index is 0.209. The summed E-state index contributed by atoms with van der Waals surface area (Å²) in [5.41, 5.74) is 1.24. The van der Waals surface area contributed by atoms with E-state index in [9.17, 15) is 0 Å². The van der Waals surface area contributed by atoms with Crippen LogP contribution in [0.3, 0.4) is 0 Å². The van der Waals surface area contributed by atoms with Gasteiger partial charge in [-0.3, -0.25) is 0 Å². The molecule has 108 valence electrons. The summed E-state index contributed by atoms with van der Waals surface area (Å²) in [6, 6.07) is 0. The van der Waals surface area contributed by atoms with Crippen molar-refractivity contribution < 1.29 is 4.74 Å². The van der Waals surface area contributed by atoms with Gasteiger partial charge in [0.25, 0.3) is 0 Å². The van der Waals surface area contributed by atoms with Gasteiger partial charge in [0, 0.05) is 18.5 Å². The number of ether oxygens (including phenoxy) is 1. The van der Waals surface area contributed by atoms with Gasteiger partial charge in [0.15, 0.2) is 0 Å². The van der Waals surface area contributed by atoms with E-state index in [0.29, 0.717) is 5.92 Å². The van der Waals surface area contributed by atoms with Gasteiger partial charge in [-0.2, -0.15) is 0 Å². The van der Waals surface area contributed by atoms with E-state index >= 15 is 0 Å². The van der Waals surface area contributed by atoms with Crippen LogP contribution in [0, 0.1) is 5.92 Å². The maximum atomic E-state index is 5.79. The molecule has 1 unspecified atom stereocenters. The Bertz CT molecular complexity index is 385. The second kappa shape index (κ2) is 7.36. The lowest BCUT2D eigenvalue weighted by atomic mass is 9.85. The van der Waals surface area contributed by atoms with E-state index in [0.717, 1.165) is 13.0 Å². The number of hydrogen-bond acceptors (Lipinski definition) is 4. The number of hydrogen-bond donors (Lipinski definition) is 1. The second-order valence-corrected chi connectivity index (χ2v) is 6.48. The fourth-order valence-electron chi connectivity index (χ4n) is 3.03. The molecule has 0 radical (unpaired) electrons. The summed E-state index contributed by atoms with van der Waals surface area (Å²) in [5.74, 6) is 0.664. The Balaban J connectivity index is 2.17. The highest BCUT2D eigenvalue weighted by molar-refractivity contribution is 7.11. The minimum atomic E-state index is 0.209. The van der Waals surface area contributed by atoms with Gasteiger partial charge in [0.2, 0.25) is 0 Å². The van der Waals surface area contributed by atoms with Gasteiger partial charge in [-0.05, 0) is 32.2 Å². The highest BCUT2D eigenvalue weighted by Crippen LogP contribution is 2.38. The van der Waals surface area contributed by atoms with Crippen molar-refractivity contribution >= 4 is 11.3 Å². The van der Waals surface area contributed by atoms with Gasteiger partial charge in [-0.15, -0.1) is 11.3 Å². The number of rotatable bonds is 6. The number of aryl methyl sites for hydroxylation is 1. The average molecular weight is 282 g/mol. The van der Waals surface area contributed by atoms with Crippen LogP contribution in [0.1, 0.15) is 60.7 Å². The first kappa shape index (κ1) is 14.9. The summed E-state index contributed by atoms with van der Waals surface area (Å²) in [7, 11) is 3.83. The molecule has 0 spiro atoms. The van der Waals surface area contributed by atoms with Crippen LogP contribution in [0.4, 0.5) is 0 Å². The van der Waals surface area contributed by atoms with Gasteiger partial charge in [-0.25, -0.2) is 4.98 Å². The molecule has 4 heteroatoms. The fourth-order valence-corrected chi connectivity index (χ4v) is 4.37. The molecule has 1 heterocycles. The summed E-state index contributed by atoms with van der Waals surface area (Å²) < 4.78 is 5.79. The van der Waals surface area contributed by atoms with Crippen LogP contribution in [0.15, 0.2) is 0 Å². The molecular formula is C15H26N2OS. The summed E-state index contributed by atoms with van der Waals surface area (Å²) in [6.45, 7) is 3.10. The molecule has 3 nitrogen and oxygen atoms in total. The normalized spacial score (nSPS) is 18.7. The topological polar surface area (TPSA) is 34.1 Å². The highest BCUT2D eigenvalue weighted by Gasteiger charge is 2.28. The first-order valence-corrected chi connectivity index (χ1v) is 8.27. The molecule has 0 aliphatic heterocycles. The largest absolute Gasteiger partial charge is 0.374 e. The summed E-state index contributed by atoms with van der Waals surface area (Å²) >= 11 is 1.84. The lowest BCUT2D eigenvalue weighted by Crippen LogP contribution is -2.17. The number of nitrogens with one attached hydrogen (secondary N) is 1. The maximum Gasteiger partial charge on any atom is 0.122 e. The monoisotopic (exact) mass is 282 g/mol. The molecule has 0 saturated heterocycles. The maximum absolute atomic E-state index is 5.79. The van der Waals surface area contributed by atoms with Gasteiger partial charge in [0.05, 0.1) is 5.69 Å². The zero-order valence-corrected chi connectivity index (χ0v) is 13.2. The molecule has 0 amide bonds. The Hall–Kier alpha value is -0.450. The molecule has 1 aliphatic carbocycles. The van der Waals surface area contributed by atoms with Crippen LogP contribution in [-0.2, 0) is 17.7 Å². The van der Waals surface area contributed by atoms with E-state index in [1.807, 2.05) is 25.5 Å². The third kappa shape index (κ3) is 3.56. The van der Waals surface area contributed by atoms with Crippen LogP contribution < -0.4 is 5.32 Å². The number of nitrogens with zero attached hydrogens (tertiary/aromatic N) is 1. The summed E-state index contributed by atoms with van der Waals surface area (Å²) in [6.07, 6.45) is 7.88. The predicted octanol–water partition coefficient (Wildman–Crippen LogP) is 3.69. The molecule has 1 atom stereocenters. The van der Waals surface area contributed by atoms with Crippen molar-refractivity contribution in [3.8, 4) is 0 Å². The van der Waals surface area contributed by atoms with Crippen molar-refractivity contribution in [1.29, 1.82) is 0 Å². The molecule has 0 aromatic carbocycles. The molecule has 19 heavy (non-hydrogen) atoms. The smallest absolute Gasteiger partial charge is 0.122 e. The van der Waals surface area contributed by atoms with Crippen molar-refractivity contribution in [2.24, 2.45) is 5.92 Å². The fraction of sp³-hybridized carbons (Fsp3) is 0.800. The molecule has 2 rings (SSSR count). The molecule has 1 aromatic rings. The van der Waals surface area contributed by atoms with Crippen molar-refractivity contribution in [2.75, 3.05) is 14.2 Å².